The summed E-state index contributed by atoms with van der Waals surface area (Å²) in [7, 11) is -16.9. The van der Waals surface area contributed by atoms with Crippen LogP contribution in [-0.2, 0) is 41.1 Å². The Balaban J connectivity index is 0.00000541. The van der Waals surface area contributed by atoms with Gasteiger partial charge in [-0.1, -0.05) is 0 Å². The van der Waals surface area contributed by atoms with E-state index in [1.165, 1.54) is 18.3 Å². The Morgan fingerprint density at radius 2 is 1.63 bits per heavy atom. The number of anilines is 1. The molecule has 28 heteroatoms. The van der Waals surface area contributed by atoms with E-state index in [-0.39, 0.29) is 52.1 Å². The number of aliphatic hydroxyl groups is 3. The molecule has 0 radical (unpaired) electrons. The number of imidazole rings is 1. The van der Waals surface area contributed by atoms with Crippen LogP contribution in [0.25, 0.3) is 11.2 Å². The van der Waals surface area contributed by atoms with Crippen LogP contribution in [-0.4, -0.2) is 106 Å². The average Bonchev–Trinajstić information content (AvgIpc) is 3.64. The summed E-state index contributed by atoms with van der Waals surface area (Å²) in [4.78, 5) is 66.4. The van der Waals surface area contributed by atoms with Crippen LogP contribution in [0.5, 0.6) is 0 Å². The Kier molecular flexibility index (Phi) is 12.5. The maximum Gasteiger partial charge on any atom is 1.00 e. The van der Waals surface area contributed by atoms with Gasteiger partial charge in [0.25, 0.3) is 21.9 Å². The second-order valence-electron chi connectivity index (χ2n) is 10.2. The quantitative estimate of drug-likeness (QED) is 0.0483. The van der Waals surface area contributed by atoms with E-state index in [0.29, 0.717) is 0 Å². The van der Waals surface area contributed by atoms with Crippen LogP contribution in [0.2, 0.25) is 0 Å². The molecule has 264 valence electrons. The molecule has 0 aliphatic carbocycles. The molecular weight excluding hydrogens is 740 g/mol. The first kappa shape index (κ1) is 39.9. The zero-order valence-corrected chi connectivity index (χ0v) is 29.4. The van der Waals surface area contributed by atoms with Crippen LogP contribution in [0.3, 0.4) is 0 Å². The van der Waals surface area contributed by atoms with Crippen LogP contribution in [0.1, 0.15) is 22.8 Å². The van der Waals surface area contributed by atoms with Crippen LogP contribution < -0.4 is 49.6 Å². The summed E-state index contributed by atoms with van der Waals surface area (Å²) in [6.45, 7) is -2.25. The third-order valence-electron chi connectivity index (χ3n) is 6.93. The molecule has 0 amide bonds. The maximum atomic E-state index is 12.4. The second kappa shape index (κ2) is 15.4. The van der Waals surface area contributed by atoms with Gasteiger partial charge in [-0.15, -0.1) is 0 Å². The molecule has 8 N–H and O–H groups in total. The number of rotatable bonds is 13. The number of nitrogens with zero attached hydrogens (tertiary/aromatic N) is 5. The number of phosphoric acid groups is 3. The Labute approximate surface area is 295 Å². The minimum absolute atomic E-state index is 0. The van der Waals surface area contributed by atoms with Crippen molar-refractivity contribution in [1.82, 2.24) is 19.5 Å². The van der Waals surface area contributed by atoms with Gasteiger partial charge in [0.2, 0.25) is 0 Å². The normalized spacial score (nSPS) is 29.7. The third kappa shape index (κ3) is 9.33. The first-order chi connectivity index (χ1) is 22.4. The number of carbonyl (C=O) groups is 1. The van der Waals surface area contributed by atoms with Crippen molar-refractivity contribution >= 4 is 46.4 Å². The SMILES string of the molecule is Nc1ncnc2c1ncn2[C@@H]1O[C@H](COP(=O)([O-])OP(=O)([O-])OCC2O[C@H]([n+]3cccc(C(=O)O)c3)[C@@H](O)[C@H]2O)[C@@H](O)[C@H]1OP(=O)(O)O.[Na+]. The minimum Gasteiger partial charge on any atom is -0.756 e. The number of aliphatic hydroxyl groups excluding tert-OH is 3. The molecule has 0 spiro atoms. The Morgan fingerprint density at radius 1 is 1.00 bits per heavy atom. The number of aromatic nitrogens is 5. The van der Waals surface area contributed by atoms with Crippen LogP contribution in [0.4, 0.5) is 5.82 Å². The van der Waals surface area contributed by atoms with Crippen LogP contribution in [0.15, 0.2) is 37.2 Å². The molecule has 0 bridgehead atoms. The van der Waals surface area contributed by atoms with Crippen molar-refractivity contribution in [3.8, 4) is 0 Å². The molecule has 3 aromatic heterocycles. The number of nitrogen functional groups attached to an aromatic ring is 1. The van der Waals surface area contributed by atoms with E-state index >= 15 is 0 Å². The van der Waals surface area contributed by atoms with Gasteiger partial charge in [0.15, 0.2) is 36.2 Å². The van der Waals surface area contributed by atoms with Crippen molar-refractivity contribution in [2.45, 2.75) is 49.1 Å². The number of carboxylic acid groups (broad SMARTS) is 1. The van der Waals surface area contributed by atoms with Gasteiger partial charge in [0.1, 0.15) is 47.9 Å². The minimum atomic E-state index is -5.85. The van der Waals surface area contributed by atoms with E-state index in [4.69, 9.17) is 20.3 Å². The van der Waals surface area contributed by atoms with Gasteiger partial charge in [-0.2, -0.15) is 4.57 Å². The number of phosphoric ester groups is 3. The third-order valence-corrected chi connectivity index (χ3v) is 9.98. The zero-order chi connectivity index (χ0) is 35.2. The van der Waals surface area contributed by atoms with E-state index in [1.54, 1.807) is 0 Å². The van der Waals surface area contributed by atoms with Crippen molar-refractivity contribution in [3.05, 3.63) is 42.7 Å². The first-order valence-corrected chi connectivity index (χ1v) is 17.7. The topological polar surface area (TPSA) is 365 Å². The molecule has 10 atom stereocenters. The zero-order valence-electron chi connectivity index (χ0n) is 24.7. The molecule has 5 rings (SSSR count). The fourth-order valence-electron chi connectivity index (χ4n) is 4.80. The molecule has 2 fully saturated rings. The molecule has 2 saturated heterocycles. The van der Waals surface area contributed by atoms with E-state index < -0.39 is 91.7 Å². The van der Waals surface area contributed by atoms with Gasteiger partial charge in [0.05, 0.1) is 19.5 Å². The molecule has 24 nitrogen and oxygen atoms in total. The predicted molar refractivity (Wildman–Crippen MR) is 144 cm³/mol. The summed E-state index contributed by atoms with van der Waals surface area (Å²) in [6.07, 6.45) is -9.18. The maximum absolute atomic E-state index is 12.4. The van der Waals surface area contributed by atoms with Crippen molar-refractivity contribution in [2.75, 3.05) is 18.9 Å². The van der Waals surface area contributed by atoms with Gasteiger partial charge in [-0.25, -0.2) is 28.6 Å². The average molecular weight is 766 g/mol. The fourth-order valence-corrected chi connectivity index (χ4v) is 7.36. The Bertz CT molecular complexity index is 1820. The smallest absolute Gasteiger partial charge is 0.756 e. The van der Waals surface area contributed by atoms with E-state index in [9.17, 15) is 53.4 Å². The van der Waals surface area contributed by atoms with E-state index in [1.807, 2.05) is 0 Å². The number of nitrogens with two attached hydrogens (primary N) is 1. The van der Waals surface area contributed by atoms with Crippen molar-refractivity contribution in [1.29, 1.82) is 0 Å². The number of hydrogen-bond acceptors (Lipinski definition) is 19. The molecule has 2 aliphatic heterocycles. The van der Waals surface area contributed by atoms with Gasteiger partial charge < -0.3 is 64.3 Å². The molecule has 2 aliphatic rings. The standard InChI is InChI=1S/C21H27N6O18P3.Na/c22-17-12-18(24-7-23-17)27(8-25-12)20-16(44-46(33,34)35)14(29)11(43-20)6-41-48(38,39)45-47(36,37)40-5-10-13(28)15(30)19(42-10)26-3-1-2-9(4-26)21(31)32;/h1-4,7-8,10-11,13-16,19-20,28-30H,5-6H2,(H6-,22,23,24,31,32,33,34,35,36,37,38,39);/q;+1/p-1/t10?,11-,13+,14-,15+,16-,19+,20-;/m1./s1. The summed E-state index contributed by atoms with van der Waals surface area (Å²) < 4.78 is 67.2. The molecule has 0 aromatic carbocycles. The van der Waals surface area contributed by atoms with E-state index in [0.717, 1.165) is 28.0 Å². The molecule has 3 aromatic rings. The van der Waals surface area contributed by atoms with Crippen molar-refractivity contribution < 1.29 is 120 Å². The van der Waals surface area contributed by atoms with Crippen LogP contribution in [0, 0.1) is 0 Å². The number of hydrogen-bond donors (Lipinski definition) is 7. The number of fused-ring (bicyclic) bond motifs is 1. The fraction of sp³-hybridized carbons (Fsp3) is 0.476. The van der Waals surface area contributed by atoms with E-state index in [2.05, 4.69) is 32.8 Å². The monoisotopic (exact) mass is 766 g/mol. The van der Waals surface area contributed by atoms with Gasteiger partial charge in [-0.05, 0) is 6.07 Å². The first-order valence-electron chi connectivity index (χ1n) is 13.2. The summed E-state index contributed by atoms with van der Waals surface area (Å²) in [5.74, 6) is -1.38. The largest absolute Gasteiger partial charge is 1.00 e. The Morgan fingerprint density at radius 3 is 2.24 bits per heavy atom. The number of aromatic carboxylic acids is 1. The summed E-state index contributed by atoms with van der Waals surface area (Å²) >= 11 is 0. The van der Waals surface area contributed by atoms with Crippen LogP contribution >= 0.6 is 23.5 Å². The Hall–Kier alpha value is -1.86. The summed E-state index contributed by atoms with van der Waals surface area (Å²) in [6, 6.07) is 2.55. The van der Waals surface area contributed by atoms with Gasteiger partial charge in [-0.3, -0.25) is 18.2 Å². The van der Waals surface area contributed by atoms with Gasteiger partial charge in [0, 0.05) is 6.07 Å². The van der Waals surface area contributed by atoms with Crippen molar-refractivity contribution in [3.63, 3.8) is 0 Å². The molecule has 0 saturated carbocycles. The summed E-state index contributed by atoms with van der Waals surface area (Å²) in [5.41, 5.74) is 5.56. The number of pyridine rings is 1. The molecule has 49 heavy (non-hydrogen) atoms. The molecular formula is C21H26N6NaO18P3. The number of carboxylic acids is 1. The molecule has 3 unspecified atom stereocenters. The summed E-state index contributed by atoms with van der Waals surface area (Å²) in [5, 5.41) is 40.5. The van der Waals surface area contributed by atoms with Gasteiger partial charge >= 0.3 is 43.3 Å². The predicted octanol–water partition coefficient (Wildman–Crippen LogP) is -6.56. The second-order valence-corrected chi connectivity index (χ2v) is 14.3. The number of ether oxygens (including phenoxy) is 2. The van der Waals surface area contributed by atoms with Crippen molar-refractivity contribution in [2.24, 2.45) is 0 Å². The molecule has 5 heterocycles.